The van der Waals surface area contributed by atoms with E-state index >= 15 is 0 Å². The molecular formula is C20H26ClNO2. The van der Waals surface area contributed by atoms with Crippen LogP contribution < -0.4 is 5.32 Å². The molecule has 0 radical (unpaired) electrons. The Morgan fingerprint density at radius 1 is 1.17 bits per heavy atom. The zero-order chi connectivity index (χ0) is 16.6. The predicted octanol–water partition coefficient (Wildman–Crippen LogP) is 4.78. The lowest BCUT2D eigenvalue weighted by Crippen LogP contribution is -2.43. The molecule has 2 fully saturated rings. The summed E-state index contributed by atoms with van der Waals surface area (Å²) in [5.41, 5.74) is 2.26. The minimum absolute atomic E-state index is 0.0318. The third-order valence-electron chi connectivity index (χ3n) is 6.33. The van der Waals surface area contributed by atoms with Gasteiger partial charge in [0, 0.05) is 21.9 Å². The quantitative estimate of drug-likeness (QED) is 0.836. The van der Waals surface area contributed by atoms with Crippen molar-refractivity contribution in [2.45, 2.75) is 64.0 Å². The topological polar surface area (TPSA) is 38.3 Å². The van der Waals surface area contributed by atoms with Gasteiger partial charge in [-0.25, -0.2) is 0 Å². The predicted molar refractivity (Wildman–Crippen MR) is 94.9 cm³/mol. The average molecular weight is 348 g/mol. The second kappa shape index (κ2) is 6.68. The number of carbonyl (C=O) groups excluding carboxylic acids is 1. The maximum Gasteiger partial charge on any atom is 0.223 e. The summed E-state index contributed by atoms with van der Waals surface area (Å²) in [4.78, 5) is 12.9. The van der Waals surface area contributed by atoms with E-state index in [2.05, 4.69) is 11.4 Å². The number of hydrogen-bond acceptors (Lipinski definition) is 2. The lowest BCUT2D eigenvalue weighted by Gasteiger charge is -2.37. The van der Waals surface area contributed by atoms with Gasteiger partial charge in [0.1, 0.15) is 0 Å². The van der Waals surface area contributed by atoms with Crippen LogP contribution in [-0.4, -0.2) is 12.5 Å². The number of amides is 1. The van der Waals surface area contributed by atoms with Gasteiger partial charge in [0.15, 0.2) is 0 Å². The molecule has 3 aliphatic rings. The molecule has 0 saturated heterocycles. The van der Waals surface area contributed by atoms with Gasteiger partial charge in [0.05, 0.1) is 19.3 Å². The number of fused-ring (bicyclic) bond motifs is 1. The van der Waals surface area contributed by atoms with E-state index in [4.69, 9.17) is 16.3 Å². The van der Waals surface area contributed by atoms with E-state index in [0.717, 1.165) is 36.3 Å². The Hall–Kier alpha value is -1.06. The lowest BCUT2D eigenvalue weighted by molar-refractivity contribution is -0.127. The van der Waals surface area contributed by atoms with Gasteiger partial charge in [-0.15, -0.1) is 0 Å². The van der Waals surface area contributed by atoms with Crippen molar-refractivity contribution in [3.8, 4) is 0 Å². The molecule has 3 nitrogen and oxygen atoms in total. The molecule has 130 valence electrons. The summed E-state index contributed by atoms with van der Waals surface area (Å²) in [5.74, 6) is 0.423. The standard InChI is InChI=1S/C20H26ClNO2/c21-17-9-5-8-15-16(17)12-24-13-20(10-3-4-11-20)18(15)22-19(23)14-6-1-2-7-14/h5,8-9,14,18H,1-4,6-7,10-13H2,(H,22,23)/t18-/m0/s1. The minimum atomic E-state index is 0.0318. The Morgan fingerprint density at radius 2 is 1.92 bits per heavy atom. The summed E-state index contributed by atoms with van der Waals surface area (Å²) >= 11 is 6.45. The molecule has 1 amide bonds. The van der Waals surface area contributed by atoms with E-state index in [1.807, 2.05) is 12.1 Å². The van der Waals surface area contributed by atoms with Crippen molar-refractivity contribution in [3.05, 3.63) is 34.3 Å². The highest BCUT2D eigenvalue weighted by atomic mass is 35.5. The van der Waals surface area contributed by atoms with E-state index in [-0.39, 0.29) is 23.3 Å². The average Bonchev–Trinajstić information content (AvgIpc) is 3.23. The summed E-state index contributed by atoms with van der Waals surface area (Å²) in [6.07, 6.45) is 9.10. The van der Waals surface area contributed by atoms with Crippen molar-refractivity contribution in [3.63, 3.8) is 0 Å². The van der Waals surface area contributed by atoms with Crippen LogP contribution in [0.1, 0.15) is 68.5 Å². The number of rotatable bonds is 2. The van der Waals surface area contributed by atoms with Crippen molar-refractivity contribution in [2.75, 3.05) is 6.61 Å². The van der Waals surface area contributed by atoms with Gasteiger partial charge >= 0.3 is 0 Å². The van der Waals surface area contributed by atoms with Crippen LogP contribution >= 0.6 is 11.6 Å². The highest BCUT2D eigenvalue weighted by Crippen LogP contribution is 2.51. The van der Waals surface area contributed by atoms with E-state index < -0.39 is 0 Å². The van der Waals surface area contributed by atoms with Gasteiger partial charge < -0.3 is 10.1 Å². The van der Waals surface area contributed by atoms with Crippen LogP contribution in [0.5, 0.6) is 0 Å². The van der Waals surface area contributed by atoms with E-state index in [0.29, 0.717) is 13.2 Å². The summed E-state index contributed by atoms with van der Waals surface area (Å²) in [7, 11) is 0. The maximum atomic E-state index is 12.9. The summed E-state index contributed by atoms with van der Waals surface area (Å²) in [6, 6.07) is 6.09. The molecule has 4 rings (SSSR count). The van der Waals surface area contributed by atoms with Gasteiger partial charge in [-0.2, -0.15) is 0 Å². The third kappa shape index (κ3) is 2.86. The molecule has 1 spiro atoms. The van der Waals surface area contributed by atoms with Crippen LogP contribution in [-0.2, 0) is 16.1 Å². The summed E-state index contributed by atoms with van der Waals surface area (Å²) in [5, 5.41) is 4.19. The first kappa shape index (κ1) is 16.4. The number of benzene rings is 1. The number of hydrogen-bond donors (Lipinski definition) is 1. The highest BCUT2D eigenvalue weighted by molar-refractivity contribution is 6.31. The monoisotopic (exact) mass is 347 g/mol. The molecule has 0 aromatic heterocycles. The molecule has 0 bridgehead atoms. The molecule has 24 heavy (non-hydrogen) atoms. The first-order valence-corrected chi connectivity index (χ1v) is 9.73. The van der Waals surface area contributed by atoms with Crippen molar-refractivity contribution in [2.24, 2.45) is 11.3 Å². The normalized spacial score (nSPS) is 26.3. The Labute approximate surface area is 149 Å². The van der Waals surface area contributed by atoms with Crippen LogP contribution in [0.4, 0.5) is 0 Å². The van der Waals surface area contributed by atoms with Crippen molar-refractivity contribution in [1.82, 2.24) is 5.32 Å². The summed E-state index contributed by atoms with van der Waals surface area (Å²) < 4.78 is 6.04. The molecule has 1 atom stereocenters. The molecule has 0 unspecified atom stereocenters. The zero-order valence-electron chi connectivity index (χ0n) is 14.2. The molecule has 1 aliphatic heterocycles. The van der Waals surface area contributed by atoms with Crippen LogP contribution in [0.15, 0.2) is 18.2 Å². The van der Waals surface area contributed by atoms with Gasteiger partial charge in [0.25, 0.3) is 0 Å². The smallest absolute Gasteiger partial charge is 0.223 e. The first-order valence-electron chi connectivity index (χ1n) is 9.35. The van der Waals surface area contributed by atoms with Crippen LogP contribution in [0.2, 0.25) is 5.02 Å². The number of halogens is 1. The third-order valence-corrected chi connectivity index (χ3v) is 6.68. The Morgan fingerprint density at radius 3 is 2.67 bits per heavy atom. The van der Waals surface area contributed by atoms with Gasteiger partial charge in [-0.3, -0.25) is 4.79 Å². The number of carbonyl (C=O) groups is 1. The molecule has 1 aromatic rings. The van der Waals surface area contributed by atoms with Crippen molar-refractivity contribution >= 4 is 17.5 Å². The minimum Gasteiger partial charge on any atom is -0.376 e. The molecular weight excluding hydrogens is 322 g/mol. The largest absolute Gasteiger partial charge is 0.376 e. The molecule has 1 N–H and O–H groups in total. The van der Waals surface area contributed by atoms with Gasteiger partial charge in [-0.05, 0) is 37.3 Å². The second-order valence-corrected chi connectivity index (χ2v) is 8.20. The summed E-state index contributed by atoms with van der Waals surface area (Å²) in [6.45, 7) is 1.26. The lowest BCUT2D eigenvalue weighted by atomic mass is 9.75. The van der Waals surface area contributed by atoms with E-state index in [1.165, 1.54) is 31.2 Å². The molecule has 1 heterocycles. The van der Waals surface area contributed by atoms with Crippen LogP contribution in [0, 0.1) is 11.3 Å². The highest BCUT2D eigenvalue weighted by Gasteiger charge is 2.46. The fraction of sp³-hybridized carbons (Fsp3) is 0.650. The molecule has 2 saturated carbocycles. The molecule has 1 aromatic carbocycles. The van der Waals surface area contributed by atoms with Crippen LogP contribution in [0.3, 0.4) is 0 Å². The van der Waals surface area contributed by atoms with E-state index in [1.54, 1.807) is 0 Å². The fourth-order valence-corrected chi connectivity index (χ4v) is 5.20. The Balaban J connectivity index is 1.70. The second-order valence-electron chi connectivity index (χ2n) is 7.79. The number of nitrogens with one attached hydrogen (secondary N) is 1. The fourth-order valence-electron chi connectivity index (χ4n) is 4.96. The van der Waals surface area contributed by atoms with Gasteiger partial charge in [0.2, 0.25) is 5.91 Å². The van der Waals surface area contributed by atoms with Crippen molar-refractivity contribution < 1.29 is 9.53 Å². The van der Waals surface area contributed by atoms with Crippen molar-refractivity contribution in [1.29, 1.82) is 0 Å². The maximum absolute atomic E-state index is 12.9. The van der Waals surface area contributed by atoms with Gasteiger partial charge in [-0.1, -0.05) is 49.4 Å². The zero-order valence-corrected chi connectivity index (χ0v) is 14.9. The van der Waals surface area contributed by atoms with Crippen LogP contribution in [0.25, 0.3) is 0 Å². The molecule has 2 aliphatic carbocycles. The number of ether oxygens (including phenoxy) is 1. The SMILES string of the molecule is O=C(N[C@H]1c2cccc(Cl)c2COCC12CCCC2)C1CCCC1. The Bertz CT molecular complexity index is 618. The Kier molecular flexibility index (Phi) is 4.57. The first-order chi connectivity index (χ1) is 11.7. The van der Waals surface area contributed by atoms with E-state index in [9.17, 15) is 4.79 Å². The molecule has 4 heteroatoms.